The molecule has 1 aliphatic heterocycles. The fourth-order valence-electron chi connectivity index (χ4n) is 6.56. The van der Waals surface area contributed by atoms with Gasteiger partial charge in [-0.2, -0.15) is 0 Å². The summed E-state index contributed by atoms with van der Waals surface area (Å²) >= 11 is 0. The molecule has 1 aromatic heterocycles. The highest BCUT2D eigenvalue weighted by atomic mass is 19.1. The first-order chi connectivity index (χ1) is 18.2. The van der Waals surface area contributed by atoms with Gasteiger partial charge in [0.2, 0.25) is 0 Å². The Morgan fingerprint density at radius 2 is 1.76 bits per heavy atom. The fourth-order valence-corrected chi connectivity index (χ4v) is 6.56. The van der Waals surface area contributed by atoms with Crippen molar-refractivity contribution in [2.45, 2.75) is 38.1 Å². The summed E-state index contributed by atoms with van der Waals surface area (Å²) in [6, 6.07) is 16.6. The van der Waals surface area contributed by atoms with E-state index in [1.807, 2.05) is 36.4 Å². The number of carbonyl (C=O) groups excluding carboxylic acids is 1. The monoisotopic (exact) mass is 497 g/mol. The lowest BCUT2D eigenvalue weighted by Crippen LogP contribution is -3.18. The van der Waals surface area contributed by atoms with Crippen molar-refractivity contribution in [3.63, 3.8) is 0 Å². The minimum absolute atomic E-state index is 0.0756. The Morgan fingerprint density at radius 3 is 2.54 bits per heavy atom. The van der Waals surface area contributed by atoms with Gasteiger partial charge in [0.25, 0.3) is 0 Å². The molecule has 6 nitrogen and oxygen atoms in total. The lowest BCUT2D eigenvalue weighted by Gasteiger charge is -2.39. The summed E-state index contributed by atoms with van der Waals surface area (Å²) in [6.07, 6.45) is 6.75. The van der Waals surface area contributed by atoms with Gasteiger partial charge in [0.1, 0.15) is 11.3 Å². The van der Waals surface area contributed by atoms with Gasteiger partial charge in [-0.15, -0.1) is 0 Å². The van der Waals surface area contributed by atoms with Gasteiger partial charge in [0, 0.05) is 16.8 Å². The number of halogens is 1. The first kappa shape index (κ1) is 22.5. The van der Waals surface area contributed by atoms with E-state index in [-0.39, 0.29) is 11.6 Å². The molecule has 2 heterocycles. The molecule has 7 heteroatoms. The van der Waals surface area contributed by atoms with Crippen molar-refractivity contribution in [3.05, 3.63) is 71.5 Å². The predicted molar refractivity (Wildman–Crippen MR) is 142 cm³/mol. The molecule has 2 aliphatic carbocycles. The Hall–Kier alpha value is -3.71. The summed E-state index contributed by atoms with van der Waals surface area (Å²) in [5.41, 5.74) is 4.82. The molecule has 0 unspecified atom stereocenters. The lowest BCUT2D eigenvalue weighted by molar-refractivity contribution is -0.927. The molecular formula is C30H30FN4O2+. The summed E-state index contributed by atoms with van der Waals surface area (Å²) in [6.45, 7) is 4.03. The molecule has 0 radical (unpaired) electrons. The number of rotatable bonds is 4. The molecular weight excluding hydrogens is 467 g/mol. The van der Waals surface area contributed by atoms with Gasteiger partial charge in [-0.1, -0.05) is 41.9 Å². The quantitative estimate of drug-likeness (QED) is 0.368. The Kier molecular flexibility index (Phi) is 5.47. The maximum atomic E-state index is 14.0. The van der Waals surface area contributed by atoms with Crippen LogP contribution in [0.15, 0.2) is 59.1 Å². The fraction of sp³-hybridized carbons (Fsp3) is 0.333. The van der Waals surface area contributed by atoms with Gasteiger partial charge in [0.15, 0.2) is 11.5 Å². The molecule has 0 bridgehead atoms. The number of fused-ring (bicyclic) bond motifs is 2. The van der Waals surface area contributed by atoms with Crippen molar-refractivity contribution < 1.29 is 18.6 Å². The van der Waals surface area contributed by atoms with Crippen LogP contribution in [-0.2, 0) is 0 Å². The molecule has 0 amide bonds. The number of piperazine rings is 1. The Morgan fingerprint density at radius 1 is 0.973 bits per heavy atom. The number of carbonyl (C=O) groups is 1. The van der Waals surface area contributed by atoms with Crippen LogP contribution >= 0.6 is 0 Å². The predicted octanol–water partition coefficient (Wildman–Crippen LogP) is 4.96. The third-order valence-corrected chi connectivity index (χ3v) is 8.41. The average molecular weight is 498 g/mol. The van der Waals surface area contributed by atoms with Crippen LogP contribution in [0.5, 0.6) is 0 Å². The molecule has 7 rings (SSSR count). The molecule has 0 atom stereocenters. The van der Waals surface area contributed by atoms with E-state index in [0.29, 0.717) is 28.3 Å². The normalized spacial score (nSPS) is 18.3. The van der Waals surface area contributed by atoms with Crippen LogP contribution in [0.3, 0.4) is 0 Å². The summed E-state index contributed by atoms with van der Waals surface area (Å²) < 4.78 is 19.9. The van der Waals surface area contributed by atoms with Crippen molar-refractivity contribution in [3.8, 4) is 11.3 Å². The van der Waals surface area contributed by atoms with E-state index in [0.717, 1.165) is 54.4 Å². The van der Waals surface area contributed by atoms with E-state index >= 15 is 0 Å². The van der Waals surface area contributed by atoms with Gasteiger partial charge in [-0.3, -0.25) is 4.79 Å². The number of nitrogens with zero attached hydrogens (tertiary/aromatic N) is 2. The van der Waals surface area contributed by atoms with Crippen LogP contribution in [0.2, 0.25) is 0 Å². The average Bonchev–Trinajstić information content (AvgIpc) is 3.38. The number of ketones is 1. The molecule has 1 saturated heterocycles. The van der Waals surface area contributed by atoms with Gasteiger partial charge >= 0.3 is 0 Å². The van der Waals surface area contributed by atoms with E-state index in [4.69, 9.17) is 4.52 Å². The molecule has 3 aromatic carbocycles. The van der Waals surface area contributed by atoms with Crippen LogP contribution in [-0.4, -0.2) is 43.2 Å². The Labute approximate surface area is 215 Å². The number of aromatic nitrogens is 1. The smallest absolute Gasteiger partial charge is 0.196 e. The molecule has 0 spiro atoms. The summed E-state index contributed by atoms with van der Waals surface area (Å²) in [5, 5.41) is 8.59. The minimum Gasteiger partial charge on any atom is -0.358 e. The SMILES string of the molecule is O=C1c2ccccc2-c2onc3c(N4CC[NH+](C5CCCCC5)CC4)cc(Nc4cccc(F)c4)c1c23. The van der Waals surface area contributed by atoms with E-state index in [9.17, 15) is 9.18 Å². The number of quaternary nitrogens is 1. The Balaban J connectivity index is 1.32. The molecule has 2 fully saturated rings. The molecule has 2 N–H and O–H groups in total. The van der Waals surface area contributed by atoms with Crippen LogP contribution in [0.25, 0.3) is 22.2 Å². The maximum absolute atomic E-state index is 14.0. The molecule has 3 aliphatic rings. The van der Waals surface area contributed by atoms with Gasteiger partial charge in [0.05, 0.1) is 54.5 Å². The van der Waals surface area contributed by atoms with Crippen molar-refractivity contribution in [2.75, 3.05) is 36.4 Å². The highest BCUT2D eigenvalue weighted by Crippen LogP contribution is 2.46. The summed E-state index contributed by atoms with van der Waals surface area (Å²) in [7, 11) is 0. The minimum atomic E-state index is -0.330. The number of hydrogen-bond donors (Lipinski definition) is 2. The molecule has 1 saturated carbocycles. The summed E-state index contributed by atoms with van der Waals surface area (Å²) in [4.78, 5) is 17.9. The van der Waals surface area contributed by atoms with E-state index in [1.165, 1.54) is 44.2 Å². The third-order valence-electron chi connectivity index (χ3n) is 8.41. The molecule has 4 aromatic rings. The van der Waals surface area contributed by atoms with Crippen LogP contribution < -0.4 is 15.1 Å². The zero-order valence-electron chi connectivity index (χ0n) is 20.7. The van der Waals surface area contributed by atoms with E-state index in [1.54, 1.807) is 11.0 Å². The number of benzene rings is 3. The zero-order chi connectivity index (χ0) is 24.9. The second kappa shape index (κ2) is 8.99. The number of nitrogens with one attached hydrogen (secondary N) is 2. The largest absolute Gasteiger partial charge is 0.358 e. The molecule has 188 valence electrons. The zero-order valence-corrected chi connectivity index (χ0v) is 20.7. The van der Waals surface area contributed by atoms with Crippen molar-refractivity contribution in [1.82, 2.24) is 5.16 Å². The van der Waals surface area contributed by atoms with E-state index < -0.39 is 0 Å². The highest BCUT2D eigenvalue weighted by Gasteiger charge is 2.35. The number of hydrogen-bond acceptors (Lipinski definition) is 5. The van der Waals surface area contributed by atoms with Crippen LogP contribution in [0.1, 0.15) is 48.0 Å². The molecule has 37 heavy (non-hydrogen) atoms. The first-order valence-electron chi connectivity index (χ1n) is 13.4. The second-order valence-electron chi connectivity index (χ2n) is 10.5. The maximum Gasteiger partial charge on any atom is 0.196 e. The van der Waals surface area contributed by atoms with Gasteiger partial charge < -0.3 is 19.6 Å². The third kappa shape index (κ3) is 3.80. The van der Waals surface area contributed by atoms with Gasteiger partial charge in [-0.25, -0.2) is 4.39 Å². The van der Waals surface area contributed by atoms with Crippen LogP contribution in [0, 0.1) is 5.82 Å². The Bertz CT molecular complexity index is 1500. The lowest BCUT2D eigenvalue weighted by atomic mass is 9.86. The standard InChI is InChI=1S/C30H29FN4O2/c31-19-7-6-8-20(17-19)32-24-18-25(35-15-13-34(14-16-35)21-9-2-1-3-10-21)28-27-26(24)29(36)22-11-4-5-12-23(22)30(27)37-33-28/h4-8,11-12,17-18,21,32H,1-3,9-10,13-16H2/p+1. The second-order valence-corrected chi connectivity index (χ2v) is 10.5. The summed E-state index contributed by atoms with van der Waals surface area (Å²) in [5.74, 6) is 0.216. The van der Waals surface area contributed by atoms with E-state index in [2.05, 4.69) is 15.4 Å². The van der Waals surface area contributed by atoms with Crippen molar-refractivity contribution in [2.24, 2.45) is 0 Å². The van der Waals surface area contributed by atoms with Gasteiger partial charge in [-0.05, 0) is 49.9 Å². The topological polar surface area (TPSA) is 62.8 Å². The van der Waals surface area contributed by atoms with Crippen molar-refractivity contribution in [1.29, 1.82) is 0 Å². The first-order valence-corrected chi connectivity index (χ1v) is 13.4. The highest BCUT2D eigenvalue weighted by molar-refractivity contribution is 6.28. The van der Waals surface area contributed by atoms with Crippen molar-refractivity contribution >= 4 is 33.7 Å². The number of anilines is 3. The van der Waals surface area contributed by atoms with Crippen LogP contribution in [0.4, 0.5) is 21.5 Å².